The first-order valence-electron chi connectivity index (χ1n) is 14.0. The quantitative estimate of drug-likeness (QED) is 0.477. The maximum absolute atomic E-state index is 13.3. The van der Waals surface area contributed by atoms with Crippen molar-refractivity contribution >= 4 is 11.9 Å². The van der Waals surface area contributed by atoms with Crippen LogP contribution in [0, 0.1) is 11.8 Å². The van der Waals surface area contributed by atoms with E-state index in [0.717, 1.165) is 36.3 Å². The third kappa shape index (κ3) is 4.78. The Bertz CT molecular complexity index is 1270. The third-order valence-corrected chi connectivity index (χ3v) is 8.81. The van der Waals surface area contributed by atoms with Crippen LogP contribution in [0.2, 0.25) is 0 Å². The molecule has 0 spiro atoms. The van der Waals surface area contributed by atoms with Crippen molar-refractivity contribution in [3.63, 3.8) is 0 Å². The van der Waals surface area contributed by atoms with Crippen molar-refractivity contribution < 1.29 is 38.4 Å². The molecule has 2 N–H and O–H groups in total. The first kappa shape index (κ1) is 26.6. The predicted octanol–water partition coefficient (Wildman–Crippen LogP) is 3.15. The van der Waals surface area contributed by atoms with E-state index in [0.29, 0.717) is 18.0 Å². The number of piperidine rings is 1. The highest BCUT2D eigenvalue weighted by Crippen LogP contribution is 2.56. The highest BCUT2D eigenvalue weighted by Gasteiger charge is 2.52. The zero-order valence-corrected chi connectivity index (χ0v) is 22.9. The Kier molecular flexibility index (Phi) is 7.35. The molecule has 1 amide bonds. The summed E-state index contributed by atoms with van der Waals surface area (Å²) in [7, 11) is 2.94. The first-order valence-corrected chi connectivity index (χ1v) is 14.0. The molecule has 0 radical (unpaired) electrons. The molecule has 2 fully saturated rings. The van der Waals surface area contributed by atoms with Crippen LogP contribution in [0.25, 0.3) is 0 Å². The highest BCUT2D eigenvalue weighted by molar-refractivity contribution is 5.81. The smallest absolute Gasteiger partial charge is 0.310 e. The van der Waals surface area contributed by atoms with Crippen LogP contribution in [-0.4, -0.2) is 75.7 Å². The lowest BCUT2D eigenvalue weighted by Gasteiger charge is -2.39. The summed E-state index contributed by atoms with van der Waals surface area (Å²) in [6, 6.07) is 7.32. The molecule has 2 aromatic carbocycles. The van der Waals surface area contributed by atoms with Crippen LogP contribution >= 0.6 is 0 Å². The largest absolute Gasteiger partial charge is 0.502 e. The van der Waals surface area contributed by atoms with Gasteiger partial charge in [0, 0.05) is 31.3 Å². The van der Waals surface area contributed by atoms with Gasteiger partial charge in [0.2, 0.25) is 18.4 Å². The molecule has 4 atom stereocenters. The van der Waals surface area contributed by atoms with Crippen LogP contribution in [0.4, 0.5) is 0 Å². The third-order valence-electron chi connectivity index (χ3n) is 8.81. The van der Waals surface area contributed by atoms with E-state index >= 15 is 0 Å². The number of esters is 1. The second-order valence-corrected chi connectivity index (χ2v) is 11.0. The van der Waals surface area contributed by atoms with Crippen molar-refractivity contribution in [2.24, 2.45) is 11.8 Å². The summed E-state index contributed by atoms with van der Waals surface area (Å²) in [5.74, 6) is -0.172. The number of cyclic esters (lactones) is 1. The summed E-state index contributed by atoms with van der Waals surface area (Å²) in [5.41, 5.74) is 2.54. The minimum absolute atomic E-state index is 0.0462. The minimum Gasteiger partial charge on any atom is -0.502 e. The number of likely N-dealkylation sites (tertiary alicyclic amines) is 1. The Morgan fingerprint density at radius 3 is 2.35 bits per heavy atom. The molecule has 214 valence electrons. The van der Waals surface area contributed by atoms with E-state index in [4.69, 9.17) is 23.7 Å². The lowest BCUT2D eigenvalue weighted by atomic mass is 9.62. The molecule has 0 bridgehead atoms. The number of phenols is 1. The van der Waals surface area contributed by atoms with Gasteiger partial charge < -0.3 is 39.0 Å². The number of fused-ring (bicyclic) bond motifs is 3. The van der Waals surface area contributed by atoms with Gasteiger partial charge in [0.25, 0.3) is 0 Å². The molecule has 40 heavy (non-hydrogen) atoms. The molecule has 4 aliphatic rings. The zero-order valence-electron chi connectivity index (χ0n) is 22.9. The number of aromatic hydroxyl groups is 1. The molecule has 1 aliphatic carbocycles. The van der Waals surface area contributed by atoms with Crippen LogP contribution in [0.3, 0.4) is 0 Å². The second-order valence-electron chi connectivity index (χ2n) is 11.0. The number of nitrogens with zero attached hydrogens (tertiary/aromatic N) is 1. The monoisotopic (exact) mass is 552 g/mol. The molecular weight excluding hydrogens is 516 g/mol. The van der Waals surface area contributed by atoms with E-state index in [9.17, 15) is 14.7 Å². The molecular formula is C30H36N2O8. The van der Waals surface area contributed by atoms with Crippen molar-refractivity contribution in [3.05, 3.63) is 41.0 Å². The van der Waals surface area contributed by atoms with Gasteiger partial charge in [-0.15, -0.1) is 0 Å². The Morgan fingerprint density at radius 1 is 1.00 bits per heavy atom. The summed E-state index contributed by atoms with van der Waals surface area (Å²) in [6.45, 7) is 3.93. The van der Waals surface area contributed by atoms with E-state index in [1.807, 2.05) is 12.1 Å². The van der Waals surface area contributed by atoms with Crippen molar-refractivity contribution in [2.75, 3.05) is 53.8 Å². The molecule has 2 aromatic rings. The normalized spacial score (nSPS) is 25.1. The number of carbonyl (C=O) groups is 2. The summed E-state index contributed by atoms with van der Waals surface area (Å²) < 4.78 is 27.9. The Hall–Kier alpha value is -3.66. The van der Waals surface area contributed by atoms with Crippen LogP contribution in [0.5, 0.6) is 28.7 Å². The van der Waals surface area contributed by atoms with Crippen LogP contribution in [0.1, 0.15) is 54.2 Å². The van der Waals surface area contributed by atoms with Gasteiger partial charge in [-0.1, -0.05) is 6.42 Å². The minimum atomic E-state index is -0.530. The predicted molar refractivity (Wildman–Crippen MR) is 144 cm³/mol. The Balaban J connectivity index is 1.35. The lowest BCUT2D eigenvalue weighted by Crippen LogP contribution is -2.40. The average molecular weight is 553 g/mol. The van der Waals surface area contributed by atoms with Crippen molar-refractivity contribution in [3.8, 4) is 28.7 Å². The fourth-order valence-electron chi connectivity index (χ4n) is 6.84. The number of carbonyl (C=O) groups excluding carboxylic acids is 2. The second kappa shape index (κ2) is 11.1. The van der Waals surface area contributed by atoms with Crippen molar-refractivity contribution in [1.82, 2.24) is 10.2 Å². The number of hydrogen-bond donors (Lipinski definition) is 2. The van der Waals surface area contributed by atoms with E-state index in [2.05, 4.69) is 10.2 Å². The number of methoxy groups -OCH3 is 2. The molecule has 0 saturated carbocycles. The van der Waals surface area contributed by atoms with Crippen molar-refractivity contribution in [2.45, 2.75) is 37.5 Å². The summed E-state index contributed by atoms with van der Waals surface area (Å²) in [5, 5.41) is 13.7. The number of hydrogen-bond acceptors (Lipinski definition) is 9. The molecule has 2 saturated heterocycles. The van der Waals surface area contributed by atoms with Gasteiger partial charge in [0.1, 0.15) is 0 Å². The summed E-state index contributed by atoms with van der Waals surface area (Å²) in [4.78, 5) is 28.9. The number of amides is 1. The van der Waals surface area contributed by atoms with Crippen LogP contribution in [-0.2, 0) is 14.3 Å². The number of phenolic OH excluding ortho intramolecular Hbond substituents is 1. The molecule has 0 unspecified atom stereocenters. The number of rotatable bonds is 8. The Labute approximate surface area is 233 Å². The van der Waals surface area contributed by atoms with E-state index in [-0.39, 0.29) is 60.8 Å². The standard InChI is InChI=1S/C30H36N2O8/c1-36-24-10-17(11-25(37-2)29(24)34)27-20-13-23-22(39-16-40-23)12-18(20)19(21-15-38-30(35)28(21)27)14-26(33)31-6-9-32-7-4-3-5-8-32/h10-13,19,21,27-28,34H,3-9,14-16H2,1-2H3,(H,31,33)/t19-,21-,27-,28+/m1/s1. The van der Waals surface area contributed by atoms with E-state index in [1.165, 1.54) is 33.5 Å². The zero-order chi connectivity index (χ0) is 27.8. The maximum Gasteiger partial charge on any atom is 0.310 e. The number of ether oxygens (including phenoxy) is 5. The van der Waals surface area contributed by atoms with Crippen LogP contribution < -0.4 is 24.3 Å². The van der Waals surface area contributed by atoms with Gasteiger partial charge in [-0.3, -0.25) is 9.59 Å². The SMILES string of the molecule is COc1cc([C@@H]2c3cc4c(cc3[C@@H](CC(=O)NCCN3CCCCC3)[C@H]3COC(=O)[C@H]23)OCO4)cc(OC)c1O. The van der Waals surface area contributed by atoms with Crippen molar-refractivity contribution in [1.29, 1.82) is 0 Å². The highest BCUT2D eigenvalue weighted by atomic mass is 16.7. The van der Waals surface area contributed by atoms with E-state index < -0.39 is 11.8 Å². The Morgan fingerprint density at radius 2 is 1.68 bits per heavy atom. The number of nitrogens with one attached hydrogen (secondary N) is 1. The topological polar surface area (TPSA) is 116 Å². The molecule has 10 nitrogen and oxygen atoms in total. The molecule has 3 aliphatic heterocycles. The molecule has 6 rings (SSSR count). The fourth-order valence-corrected chi connectivity index (χ4v) is 6.84. The van der Waals surface area contributed by atoms with Crippen LogP contribution in [0.15, 0.2) is 24.3 Å². The van der Waals surface area contributed by atoms with Gasteiger partial charge in [0.15, 0.2) is 23.0 Å². The molecule has 0 aromatic heterocycles. The maximum atomic E-state index is 13.3. The summed E-state index contributed by atoms with van der Waals surface area (Å²) >= 11 is 0. The van der Waals surface area contributed by atoms with Gasteiger partial charge in [0.05, 0.1) is 26.7 Å². The lowest BCUT2D eigenvalue weighted by molar-refractivity contribution is -0.141. The van der Waals surface area contributed by atoms with Gasteiger partial charge in [-0.2, -0.15) is 0 Å². The summed E-state index contributed by atoms with van der Waals surface area (Å²) in [6.07, 6.45) is 3.93. The van der Waals surface area contributed by atoms with Gasteiger partial charge >= 0.3 is 5.97 Å². The molecule has 10 heteroatoms. The fraction of sp³-hybridized carbons (Fsp3) is 0.533. The first-order chi connectivity index (χ1) is 19.5. The van der Waals surface area contributed by atoms with Gasteiger partial charge in [-0.05, 0) is 72.8 Å². The molecule has 3 heterocycles. The average Bonchev–Trinajstić information content (AvgIpc) is 3.59. The van der Waals surface area contributed by atoms with Gasteiger partial charge in [-0.25, -0.2) is 0 Å². The van der Waals surface area contributed by atoms with E-state index in [1.54, 1.807) is 12.1 Å². The number of benzene rings is 2.